The van der Waals surface area contributed by atoms with Crippen molar-refractivity contribution in [2.75, 3.05) is 0 Å². The summed E-state index contributed by atoms with van der Waals surface area (Å²) in [5.74, 6) is 0. The van der Waals surface area contributed by atoms with Crippen molar-refractivity contribution in [3.63, 3.8) is 0 Å². The number of rotatable bonds is 8. The molecule has 0 bridgehead atoms. The van der Waals surface area contributed by atoms with Crippen LogP contribution in [0.15, 0.2) is 267 Å². The molecule has 0 heterocycles. The Morgan fingerprint density at radius 3 is 0.373 bits per heavy atom. The van der Waals surface area contributed by atoms with Gasteiger partial charge in [-0.2, -0.15) is 0 Å². The summed E-state index contributed by atoms with van der Waals surface area (Å²) in [5.41, 5.74) is 24.4. The van der Waals surface area contributed by atoms with Crippen LogP contribution in [0.2, 0.25) is 0 Å². The highest BCUT2D eigenvalue weighted by atomic mass is 14.3. The van der Waals surface area contributed by atoms with Gasteiger partial charge in [-0.3, -0.25) is 0 Å². The van der Waals surface area contributed by atoms with E-state index >= 15 is 0 Å². The fourth-order valence-electron chi connectivity index (χ4n) is 16.6. The molecule has 0 atom stereocenters. The molecule has 0 amide bonds. The molecule has 0 saturated carbocycles. The van der Waals surface area contributed by atoms with Gasteiger partial charge >= 0.3 is 0 Å². The molecular weight excluding hydrogens is 1320 g/mol. The second kappa shape index (κ2) is 28.0. The first-order chi connectivity index (χ1) is 51.6. The van der Waals surface area contributed by atoms with Crippen LogP contribution in [0.4, 0.5) is 0 Å². The van der Waals surface area contributed by atoms with Gasteiger partial charge in [0.1, 0.15) is 0 Å². The molecule has 0 spiro atoms. The Morgan fingerprint density at radius 1 is 0.145 bits per heavy atom. The molecule has 14 aromatic rings. The number of fused-ring (bicyclic) bond motifs is 5. The maximum atomic E-state index is 2.61. The van der Waals surface area contributed by atoms with E-state index in [0.29, 0.717) is 0 Å². The van der Waals surface area contributed by atoms with Crippen molar-refractivity contribution in [1.82, 2.24) is 0 Å². The summed E-state index contributed by atoms with van der Waals surface area (Å²) >= 11 is 0. The number of hydrogen-bond donors (Lipinski definition) is 0. The van der Waals surface area contributed by atoms with Gasteiger partial charge in [-0.15, -0.1) is 0 Å². The molecule has 14 aromatic carbocycles. The number of hydrogen-bond acceptors (Lipinski definition) is 0. The van der Waals surface area contributed by atoms with Crippen LogP contribution in [-0.4, -0.2) is 0 Å². The van der Waals surface area contributed by atoms with E-state index < -0.39 is 0 Å². The third kappa shape index (κ3) is 14.9. The van der Waals surface area contributed by atoms with E-state index in [0.717, 1.165) is 0 Å². The lowest BCUT2D eigenvalue weighted by Crippen LogP contribution is -2.22. The number of benzene rings is 14. The van der Waals surface area contributed by atoms with Crippen molar-refractivity contribution < 1.29 is 0 Å². The van der Waals surface area contributed by atoms with Crippen LogP contribution in [0.1, 0.15) is 255 Å². The third-order valence-corrected chi connectivity index (χ3v) is 23.4. The molecule has 556 valence electrons. The fourth-order valence-corrected chi connectivity index (χ4v) is 16.6. The quantitative estimate of drug-likeness (QED) is 0.133. The Labute approximate surface area is 658 Å². The minimum atomic E-state index is -0.0441. The molecular formula is C110H116. The van der Waals surface area contributed by atoms with Crippen LogP contribution >= 0.6 is 0 Å². The Morgan fingerprint density at radius 2 is 0.264 bits per heavy atom. The summed E-state index contributed by atoms with van der Waals surface area (Å²) in [6, 6.07) is 106. The van der Waals surface area contributed by atoms with Gasteiger partial charge in [0.25, 0.3) is 0 Å². The molecule has 110 heavy (non-hydrogen) atoms. The van der Waals surface area contributed by atoms with Gasteiger partial charge in [0.2, 0.25) is 0 Å². The van der Waals surface area contributed by atoms with E-state index in [1.807, 2.05) is 0 Å². The monoisotopic (exact) mass is 1440 g/mol. The third-order valence-electron chi connectivity index (χ3n) is 23.4. The van der Waals surface area contributed by atoms with Gasteiger partial charge in [-0.25, -0.2) is 0 Å². The SMILES string of the molecule is CC(C)(C)c1ccc(C(c2ccc(C(C)(C)C)cc2)=c2c3ccccc3c(=C(c3ccc(C(C)(C)C)cc3)c3ccc(C(C)(C)C)cc3)c3cc4cc5c(=C(c6ccc(C(C)(C)C)cc6)c6ccc(C(C)(C)C)cc6)c6ccccc6c(=C(c6ccc(C(C)(C)C)cc6)c6ccc(C(C)(C)C)cc6)c5cc4cc23)cc1. The van der Waals surface area contributed by atoms with Crippen LogP contribution in [0.25, 0.3) is 76.2 Å². The molecule has 0 aliphatic heterocycles. The molecule has 0 heteroatoms. The van der Waals surface area contributed by atoms with Gasteiger partial charge in [0, 0.05) is 0 Å². The van der Waals surface area contributed by atoms with Crippen molar-refractivity contribution in [2.45, 2.75) is 209 Å². The Bertz CT molecular complexity index is 5110. The topological polar surface area (TPSA) is 0 Å². The lowest BCUT2D eigenvalue weighted by atomic mass is 9.81. The second-order valence-electron chi connectivity index (χ2n) is 39.9. The maximum Gasteiger partial charge on any atom is -0.00141 e. The van der Waals surface area contributed by atoms with E-state index in [2.05, 4.69) is 433 Å². The van der Waals surface area contributed by atoms with Gasteiger partial charge in [-0.05, 0) is 254 Å². The first kappa shape index (κ1) is 76.6. The van der Waals surface area contributed by atoms with E-state index in [9.17, 15) is 0 Å². The van der Waals surface area contributed by atoms with Crippen molar-refractivity contribution in [1.29, 1.82) is 0 Å². The molecule has 0 N–H and O–H groups in total. The van der Waals surface area contributed by atoms with Gasteiger partial charge in [0.05, 0.1) is 0 Å². The Kier molecular flexibility index (Phi) is 19.5. The first-order valence-corrected chi connectivity index (χ1v) is 40.3. The van der Waals surface area contributed by atoms with E-state index in [4.69, 9.17) is 0 Å². The van der Waals surface area contributed by atoms with Crippen molar-refractivity contribution in [2.24, 2.45) is 0 Å². The molecule has 0 saturated heterocycles. The van der Waals surface area contributed by atoms with Crippen LogP contribution in [-0.2, 0) is 43.3 Å². The van der Waals surface area contributed by atoms with Gasteiger partial charge in [0.15, 0.2) is 0 Å². The largest absolute Gasteiger partial charge is 0.0616 e. The van der Waals surface area contributed by atoms with E-state index in [1.54, 1.807) is 0 Å². The average molecular weight is 1440 g/mol. The summed E-state index contributed by atoms with van der Waals surface area (Å²) in [6.45, 7) is 55.8. The van der Waals surface area contributed by atoms with Crippen molar-refractivity contribution >= 4 is 76.2 Å². The molecule has 0 radical (unpaired) electrons. The van der Waals surface area contributed by atoms with Gasteiger partial charge in [-0.1, -0.05) is 409 Å². The average Bonchev–Trinajstić information content (AvgIpc) is 0.706. The summed E-state index contributed by atoms with van der Waals surface area (Å²) < 4.78 is 0. The van der Waals surface area contributed by atoms with Crippen molar-refractivity contribution in [3.8, 4) is 0 Å². The molecule has 0 nitrogen and oxygen atoms in total. The smallest absolute Gasteiger partial charge is 0.00141 e. The van der Waals surface area contributed by atoms with Crippen molar-refractivity contribution in [3.05, 3.63) is 377 Å². The molecule has 0 aliphatic rings. The molecule has 0 aromatic heterocycles. The summed E-state index contributed by atoms with van der Waals surface area (Å²) in [6.07, 6.45) is 0. The van der Waals surface area contributed by atoms with Gasteiger partial charge < -0.3 is 0 Å². The standard InChI is InChI=1S/C110H116/c1-103(2,3)79-49-33-69(34-50-79)95(70-35-51-80(52-36-70)104(4,5)6)99-87-29-25-26-30-88(87)100(96(71-37-53-81(54-38-71)105(7,8)9)72-39-55-82(56-40-72)106(10,11)12)92-66-78-68-94-93(67-77(78)65-91(92)99)101(97(73-41-57-83(58-42-73)107(13,14)15)74-43-59-84(60-44-74)108(16,17)18)89-31-27-28-32-90(89)102(94)98(75-45-61-85(62-46-75)109(19,20)21)76-47-63-86(64-48-76)110(22,23)24/h25-68H,1-24H3. The Hall–Kier alpha value is -10.1. The van der Waals surface area contributed by atoms with Crippen LogP contribution in [0.3, 0.4) is 0 Å². The predicted molar refractivity (Wildman–Crippen MR) is 480 cm³/mol. The maximum absolute atomic E-state index is 2.61. The highest BCUT2D eigenvalue weighted by Crippen LogP contribution is 2.39. The summed E-state index contributed by atoms with van der Waals surface area (Å²) in [7, 11) is 0. The predicted octanol–water partition coefficient (Wildman–Crippen LogP) is 26.8. The minimum absolute atomic E-state index is 0.0441. The van der Waals surface area contributed by atoms with E-state index in [-0.39, 0.29) is 43.3 Å². The second-order valence-corrected chi connectivity index (χ2v) is 39.9. The molecule has 0 aliphatic carbocycles. The minimum Gasteiger partial charge on any atom is -0.0616 e. The highest BCUT2D eigenvalue weighted by molar-refractivity contribution is 6.15. The first-order valence-electron chi connectivity index (χ1n) is 40.3. The molecule has 0 unspecified atom stereocenters. The summed E-state index contributed by atoms with van der Waals surface area (Å²) in [5, 5.41) is 16.8. The zero-order valence-corrected chi connectivity index (χ0v) is 70.4. The van der Waals surface area contributed by atoms with E-state index in [1.165, 1.54) is 186 Å². The molecule has 0 fully saturated rings. The normalized spacial score (nSPS) is 12.9. The highest BCUT2D eigenvalue weighted by Gasteiger charge is 2.27. The molecule has 14 rings (SSSR count). The van der Waals surface area contributed by atoms with Crippen LogP contribution in [0.5, 0.6) is 0 Å². The van der Waals surface area contributed by atoms with Crippen LogP contribution in [0, 0.1) is 0 Å². The lowest BCUT2D eigenvalue weighted by Gasteiger charge is -2.23. The Balaban J connectivity index is 1.31. The summed E-state index contributed by atoms with van der Waals surface area (Å²) in [4.78, 5) is 0. The zero-order valence-electron chi connectivity index (χ0n) is 70.4. The van der Waals surface area contributed by atoms with Crippen LogP contribution < -0.4 is 20.9 Å². The lowest BCUT2D eigenvalue weighted by molar-refractivity contribution is 0.590. The zero-order chi connectivity index (χ0) is 78.7. The fraction of sp³-hybridized carbons (Fsp3) is 0.291.